The monoisotopic (exact) mass is 306 g/mol. The quantitative estimate of drug-likeness (QED) is 0.551. The Bertz CT molecular complexity index is 296. The number of rotatable bonds is 6. The Morgan fingerprint density at radius 1 is 0.947 bits per heavy atom. The van der Waals surface area contributed by atoms with Gasteiger partial charge in [-0.1, -0.05) is 6.58 Å². The molecule has 0 aliphatic heterocycles. The van der Waals surface area contributed by atoms with E-state index in [-0.39, 0.29) is 0 Å². The van der Waals surface area contributed by atoms with Crippen molar-refractivity contribution in [3.63, 3.8) is 0 Å². The van der Waals surface area contributed by atoms with Gasteiger partial charge >= 0.3 is 18.5 Å². The maximum atomic E-state index is 12.6. The summed E-state index contributed by atoms with van der Waals surface area (Å²) < 4.78 is 116. The Kier molecular flexibility index (Phi) is 5.53. The highest BCUT2D eigenvalue weighted by atomic mass is 19.4. The minimum Gasteiger partial charge on any atom is -0.499 e. The summed E-state index contributed by atoms with van der Waals surface area (Å²) in [6.45, 7) is 1.21. The van der Waals surface area contributed by atoms with Gasteiger partial charge in [-0.3, -0.25) is 0 Å². The van der Waals surface area contributed by atoms with Crippen molar-refractivity contribution in [2.75, 3.05) is 6.61 Å². The lowest BCUT2D eigenvalue weighted by molar-refractivity contribution is -0.379. The van der Waals surface area contributed by atoms with Gasteiger partial charge in [0, 0.05) is 0 Å². The lowest BCUT2D eigenvalue weighted by Crippen LogP contribution is -2.49. The zero-order valence-electron chi connectivity index (χ0n) is 8.86. The highest BCUT2D eigenvalue weighted by Gasteiger charge is 2.61. The molecule has 0 bridgehead atoms. The van der Waals surface area contributed by atoms with Crippen molar-refractivity contribution in [3.05, 3.63) is 12.8 Å². The normalized spacial score (nSPS) is 16.9. The van der Waals surface area contributed by atoms with E-state index >= 15 is 0 Å². The molecule has 0 aromatic heterocycles. The summed E-state index contributed by atoms with van der Waals surface area (Å²) in [5, 5.41) is 0. The number of alkyl halides is 9. The highest BCUT2D eigenvalue weighted by molar-refractivity contribution is 4.79. The second kappa shape index (κ2) is 5.88. The molecule has 0 saturated heterocycles. The van der Waals surface area contributed by atoms with Crippen molar-refractivity contribution in [2.24, 2.45) is 0 Å². The molecule has 0 heterocycles. The van der Waals surface area contributed by atoms with Gasteiger partial charge in [-0.25, -0.2) is 4.39 Å². The third-order valence-electron chi connectivity index (χ3n) is 1.61. The lowest BCUT2D eigenvalue weighted by Gasteiger charge is -2.28. The molecule has 0 N–H and O–H groups in total. The van der Waals surface area contributed by atoms with Gasteiger partial charge in [0.2, 0.25) is 0 Å². The van der Waals surface area contributed by atoms with E-state index in [9.17, 15) is 39.5 Å². The standard InChI is InChI=1S/C8H7F9O2/c1-2-18-3-4(6(10,11)12)19-8(16,17)5(9)7(13,14)15/h2,4-5H,1,3H2. The minimum absolute atomic E-state index is 0.428. The van der Waals surface area contributed by atoms with Crippen molar-refractivity contribution in [3.8, 4) is 0 Å². The van der Waals surface area contributed by atoms with E-state index in [1.54, 1.807) is 0 Å². The molecule has 0 aliphatic rings. The lowest BCUT2D eigenvalue weighted by atomic mass is 10.3. The second-order valence-corrected chi connectivity index (χ2v) is 3.11. The van der Waals surface area contributed by atoms with Crippen LogP contribution in [0.4, 0.5) is 39.5 Å². The summed E-state index contributed by atoms with van der Waals surface area (Å²) >= 11 is 0. The Labute approximate surface area is 100 Å². The molecule has 0 aromatic carbocycles. The number of hydrogen-bond donors (Lipinski definition) is 0. The van der Waals surface area contributed by atoms with Crippen LogP contribution in [0.1, 0.15) is 0 Å². The molecular formula is C8H7F9O2. The summed E-state index contributed by atoms with van der Waals surface area (Å²) in [6, 6.07) is 0. The summed E-state index contributed by atoms with van der Waals surface area (Å²) in [6.07, 6.45) is -25.2. The summed E-state index contributed by atoms with van der Waals surface area (Å²) in [5.74, 6) is 0. The van der Waals surface area contributed by atoms with Gasteiger partial charge in [0.05, 0.1) is 6.26 Å². The van der Waals surface area contributed by atoms with E-state index in [0.29, 0.717) is 6.26 Å². The van der Waals surface area contributed by atoms with Crippen molar-refractivity contribution in [2.45, 2.75) is 30.7 Å². The summed E-state index contributed by atoms with van der Waals surface area (Å²) in [5.41, 5.74) is 0. The molecular weight excluding hydrogens is 299 g/mol. The molecule has 0 rings (SSSR count). The molecule has 0 fully saturated rings. The van der Waals surface area contributed by atoms with Gasteiger partial charge < -0.3 is 9.47 Å². The fourth-order valence-corrected chi connectivity index (χ4v) is 0.791. The van der Waals surface area contributed by atoms with E-state index in [1.165, 1.54) is 0 Å². The Balaban J connectivity index is 4.96. The van der Waals surface area contributed by atoms with Crippen molar-refractivity contribution < 1.29 is 49.0 Å². The van der Waals surface area contributed by atoms with Crippen LogP contribution in [0.25, 0.3) is 0 Å². The Morgan fingerprint density at radius 2 is 1.42 bits per heavy atom. The Hall–Kier alpha value is -1.13. The molecule has 11 heteroatoms. The molecule has 0 amide bonds. The maximum Gasteiger partial charge on any atom is 0.428 e. The number of ether oxygens (including phenoxy) is 2. The second-order valence-electron chi connectivity index (χ2n) is 3.11. The average molecular weight is 306 g/mol. The molecule has 0 saturated carbocycles. The maximum absolute atomic E-state index is 12.6. The summed E-state index contributed by atoms with van der Waals surface area (Å²) in [4.78, 5) is 0. The predicted molar refractivity (Wildman–Crippen MR) is 43.0 cm³/mol. The fraction of sp³-hybridized carbons (Fsp3) is 0.750. The predicted octanol–water partition coefficient (Wildman–Crippen LogP) is 3.59. The van der Waals surface area contributed by atoms with Crippen LogP contribution in [0.2, 0.25) is 0 Å². The van der Waals surface area contributed by atoms with E-state index in [1.807, 2.05) is 0 Å². The van der Waals surface area contributed by atoms with Crippen LogP contribution in [0, 0.1) is 0 Å². The van der Waals surface area contributed by atoms with Gasteiger partial charge in [-0.2, -0.15) is 35.1 Å². The van der Waals surface area contributed by atoms with E-state index in [2.05, 4.69) is 16.1 Å². The molecule has 2 unspecified atom stereocenters. The van der Waals surface area contributed by atoms with Gasteiger partial charge in [-0.05, 0) is 0 Å². The zero-order valence-corrected chi connectivity index (χ0v) is 8.86. The average Bonchev–Trinajstić information content (AvgIpc) is 2.20. The van der Waals surface area contributed by atoms with Gasteiger partial charge in [0.25, 0.3) is 6.17 Å². The molecule has 2 nitrogen and oxygen atoms in total. The molecule has 0 radical (unpaired) electrons. The minimum atomic E-state index is -6.07. The first-order chi connectivity index (χ1) is 8.32. The molecule has 0 aromatic rings. The van der Waals surface area contributed by atoms with Gasteiger partial charge in [0.15, 0.2) is 6.10 Å². The van der Waals surface area contributed by atoms with Crippen LogP contribution < -0.4 is 0 Å². The van der Waals surface area contributed by atoms with Gasteiger partial charge in [-0.15, -0.1) is 0 Å². The van der Waals surface area contributed by atoms with Gasteiger partial charge in [0.1, 0.15) is 6.61 Å². The van der Waals surface area contributed by atoms with Crippen LogP contribution in [-0.2, 0) is 9.47 Å². The van der Waals surface area contributed by atoms with Crippen LogP contribution >= 0.6 is 0 Å². The summed E-state index contributed by atoms with van der Waals surface area (Å²) in [7, 11) is 0. The van der Waals surface area contributed by atoms with E-state index in [0.717, 1.165) is 0 Å². The topological polar surface area (TPSA) is 18.5 Å². The highest BCUT2D eigenvalue weighted by Crippen LogP contribution is 2.38. The molecule has 114 valence electrons. The van der Waals surface area contributed by atoms with Crippen LogP contribution in [0.5, 0.6) is 0 Å². The number of hydrogen-bond acceptors (Lipinski definition) is 2. The van der Waals surface area contributed by atoms with Crippen molar-refractivity contribution >= 4 is 0 Å². The smallest absolute Gasteiger partial charge is 0.428 e. The van der Waals surface area contributed by atoms with E-state index < -0.39 is 37.3 Å². The molecule has 0 aliphatic carbocycles. The first-order valence-electron chi connectivity index (χ1n) is 4.38. The van der Waals surface area contributed by atoms with Crippen LogP contribution in [0.15, 0.2) is 12.8 Å². The Morgan fingerprint density at radius 3 is 1.74 bits per heavy atom. The number of halogens is 9. The SMILES string of the molecule is C=COCC(OC(F)(F)C(F)C(F)(F)F)C(F)(F)F. The molecule has 0 spiro atoms. The molecule has 19 heavy (non-hydrogen) atoms. The van der Waals surface area contributed by atoms with Crippen molar-refractivity contribution in [1.82, 2.24) is 0 Å². The van der Waals surface area contributed by atoms with Crippen LogP contribution in [0.3, 0.4) is 0 Å². The van der Waals surface area contributed by atoms with Crippen LogP contribution in [-0.4, -0.2) is 37.3 Å². The fourth-order valence-electron chi connectivity index (χ4n) is 0.791. The first kappa shape index (κ1) is 17.9. The van der Waals surface area contributed by atoms with Crippen molar-refractivity contribution in [1.29, 1.82) is 0 Å². The van der Waals surface area contributed by atoms with E-state index in [4.69, 9.17) is 0 Å². The third-order valence-corrected chi connectivity index (χ3v) is 1.61. The largest absolute Gasteiger partial charge is 0.499 e. The third kappa shape index (κ3) is 5.57. The zero-order chi connectivity index (χ0) is 15.5. The molecule has 2 atom stereocenters. The first-order valence-corrected chi connectivity index (χ1v) is 4.38.